The molecule has 0 radical (unpaired) electrons. The normalized spacial score (nSPS) is 13.8. The molecular weight excluding hydrogens is 226 g/mol. The van der Waals surface area contributed by atoms with Crippen LogP contribution >= 0.6 is 0 Å². The number of benzene rings is 1. The Hall–Kier alpha value is -1.14. The zero-order chi connectivity index (χ0) is 12.2. The lowest BCUT2D eigenvalue weighted by Crippen LogP contribution is -2.24. The third kappa shape index (κ3) is 3.79. The van der Waals surface area contributed by atoms with E-state index in [1.54, 1.807) is 0 Å². The highest BCUT2D eigenvalue weighted by Crippen LogP contribution is 2.23. The van der Waals surface area contributed by atoms with Gasteiger partial charge in [0.1, 0.15) is 12.4 Å². The van der Waals surface area contributed by atoms with E-state index in [0.29, 0.717) is 0 Å². The summed E-state index contributed by atoms with van der Waals surface area (Å²) in [5.41, 5.74) is 5.28. The molecule has 0 heterocycles. The Balaban J connectivity index is 2.72. The Kier molecular flexibility index (Phi) is 4.26. The predicted octanol–water partition coefficient (Wildman–Crippen LogP) is 2.40. The van der Waals surface area contributed by atoms with Gasteiger partial charge in [0, 0.05) is 12.1 Å². The third-order valence-corrected chi connectivity index (χ3v) is 1.91. The molecule has 0 fully saturated rings. The second-order valence-electron chi connectivity index (χ2n) is 3.17. The highest BCUT2D eigenvalue weighted by Gasteiger charge is 2.29. The van der Waals surface area contributed by atoms with Crippen molar-refractivity contribution >= 4 is 0 Å². The van der Waals surface area contributed by atoms with Gasteiger partial charge in [-0.3, -0.25) is 0 Å². The van der Waals surface area contributed by atoms with Gasteiger partial charge >= 0.3 is 6.18 Å². The van der Waals surface area contributed by atoms with E-state index >= 15 is 0 Å². The fourth-order valence-corrected chi connectivity index (χ4v) is 1.22. The molecule has 0 aliphatic rings. The quantitative estimate of drug-likeness (QED) is 0.816. The molecule has 0 amide bonds. The van der Waals surface area contributed by atoms with E-state index in [2.05, 4.69) is 4.74 Å². The van der Waals surface area contributed by atoms with Crippen molar-refractivity contribution in [1.82, 2.24) is 0 Å². The second-order valence-corrected chi connectivity index (χ2v) is 3.17. The summed E-state index contributed by atoms with van der Waals surface area (Å²) in [7, 11) is 0. The van der Waals surface area contributed by atoms with Gasteiger partial charge in [0.2, 0.25) is 0 Å². The van der Waals surface area contributed by atoms with Crippen molar-refractivity contribution in [3.63, 3.8) is 0 Å². The molecule has 2 N–H and O–H groups in total. The summed E-state index contributed by atoms with van der Waals surface area (Å²) >= 11 is 0. The van der Waals surface area contributed by atoms with E-state index in [1.165, 1.54) is 18.2 Å². The number of rotatable bonds is 4. The van der Waals surface area contributed by atoms with Crippen molar-refractivity contribution in [2.45, 2.75) is 12.3 Å². The van der Waals surface area contributed by atoms with Crippen LogP contribution in [-0.2, 0) is 4.74 Å². The number of alkyl halides is 3. The van der Waals surface area contributed by atoms with Gasteiger partial charge in [-0.15, -0.1) is 0 Å². The van der Waals surface area contributed by atoms with Gasteiger partial charge in [-0.25, -0.2) is 4.39 Å². The van der Waals surface area contributed by atoms with Crippen LogP contribution in [0.3, 0.4) is 0 Å². The van der Waals surface area contributed by atoms with Crippen LogP contribution in [0.4, 0.5) is 17.6 Å². The van der Waals surface area contributed by atoms with Gasteiger partial charge < -0.3 is 10.5 Å². The molecule has 0 aromatic heterocycles. The number of halogens is 4. The first-order valence-corrected chi connectivity index (χ1v) is 4.57. The molecule has 0 aliphatic heterocycles. The monoisotopic (exact) mass is 237 g/mol. The van der Waals surface area contributed by atoms with Gasteiger partial charge in [0.25, 0.3) is 0 Å². The summed E-state index contributed by atoms with van der Waals surface area (Å²) in [6.07, 6.45) is -5.53. The van der Waals surface area contributed by atoms with Crippen molar-refractivity contribution in [2.75, 3.05) is 13.2 Å². The molecule has 1 aromatic rings. The minimum atomic E-state index is -4.45. The van der Waals surface area contributed by atoms with E-state index in [1.807, 2.05) is 0 Å². The van der Waals surface area contributed by atoms with Crippen molar-refractivity contribution in [3.8, 4) is 0 Å². The number of ether oxygens (including phenoxy) is 1. The van der Waals surface area contributed by atoms with E-state index in [9.17, 15) is 17.6 Å². The number of hydrogen-bond donors (Lipinski definition) is 1. The average Bonchev–Trinajstić information content (AvgIpc) is 2.20. The highest BCUT2D eigenvalue weighted by atomic mass is 19.4. The molecule has 16 heavy (non-hydrogen) atoms. The third-order valence-electron chi connectivity index (χ3n) is 1.91. The van der Waals surface area contributed by atoms with Gasteiger partial charge in [0.05, 0.1) is 6.10 Å². The number of nitrogens with two attached hydrogens (primary N) is 1. The lowest BCUT2D eigenvalue weighted by molar-refractivity contribution is -0.185. The van der Waals surface area contributed by atoms with Crippen molar-refractivity contribution in [1.29, 1.82) is 0 Å². The Morgan fingerprint density at radius 1 is 1.25 bits per heavy atom. The Labute approximate surface area is 90.0 Å². The van der Waals surface area contributed by atoms with Gasteiger partial charge in [0.15, 0.2) is 0 Å². The predicted molar refractivity (Wildman–Crippen MR) is 50.2 cm³/mol. The van der Waals surface area contributed by atoms with E-state index in [4.69, 9.17) is 5.73 Å². The maximum absolute atomic E-state index is 13.2. The smallest absolute Gasteiger partial charge is 0.363 e. The first-order valence-electron chi connectivity index (χ1n) is 4.57. The van der Waals surface area contributed by atoms with Crippen molar-refractivity contribution in [3.05, 3.63) is 35.6 Å². The number of hydrogen-bond acceptors (Lipinski definition) is 2. The van der Waals surface area contributed by atoms with Crippen LogP contribution < -0.4 is 5.73 Å². The minimum Gasteiger partial charge on any atom is -0.363 e. The molecule has 0 bridgehead atoms. The minimum absolute atomic E-state index is 0.0363. The first-order chi connectivity index (χ1) is 7.44. The van der Waals surface area contributed by atoms with E-state index in [0.717, 1.165) is 6.07 Å². The molecule has 0 aliphatic carbocycles. The molecule has 0 spiro atoms. The Morgan fingerprint density at radius 3 is 2.38 bits per heavy atom. The molecule has 0 saturated heterocycles. The van der Waals surface area contributed by atoms with Gasteiger partial charge in [-0.2, -0.15) is 13.2 Å². The van der Waals surface area contributed by atoms with Crippen LogP contribution in [0.15, 0.2) is 24.3 Å². The SMILES string of the molecule is NCC(OCC(F)(F)F)c1ccccc1F. The fraction of sp³-hybridized carbons (Fsp3) is 0.400. The molecule has 90 valence electrons. The molecule has 6 heteroatoms. The summed E-state index contributed by atoms with van der Waals surface area (Å²) in [6.45, 7) is -1.65. The summed E-state index contributed by atoms with van der Waals surface area (Å²) in [5, 5.41) is 0. The maximum atomic E-state index is 13.2. The van der Waals surface area contributed by atoms with Crippen molar-refractivity contribution in [2.24, 2.45) is 5.73 Å². The van der Waals surface area contributed by atoms with E-state index in [-0.39, 0.29) is 12.1 Å². The Morgan fingerprint density at radius 2 is 1.88 bits per heavy atom. The van der Waals surface area contributed by atoms with Gasteiger partial charge in [-0.1, -0.05) is 18.2 Å². The lowest BCUT2D eigenvalue weighted by atomic mass is 10.1. The van der Waals surface area contributed by atoms with Crippen LogP contribution in [0.1, 0.15) is 11.7 Å². The maximum Gasteiger partial charge on any atom is 0.411 e. The van der Waals surface area contributed by atoms with Crippen LogP contribution in [0.5, 0.6) is 0 Å². The summed E-state index contributed by atoms with van der Waals surface area (Å²) in [4.78, 5) is 0. The zero-order valence-electron chi connectivity index (χ0n) is 8.30. The second kappa shape index (κ2) is 5.27. The summed E-state index contributed by atoms with van der Waals surface area (Å²) < 4.78 is 53.5. The first kappa shape index (κ1) is 12.9. The summed E-state index contributed by atoms with van der Waals surface area (Å²) in [5.74, 6) is -0.625. The standard InChI is InChI=1S/C10H11F4NO/c11-8-4-2-1-3-7(8)9(5-15)16-6-10(12,13)14/h1-4,9H,5-6,15H2. The molecule has 2 nitrogen and oxygen atoms in total. The van der Waals surface area contributed by atoms with Crippen LogP contribution in [0.25, 0.3) is 0 Å². The Bertz CT molecular complexity index is 340. The molecule has 1 unspecified atom stereocenters. The molecule has 0 saturated carbocycles. The van der Waals surface area contributed by atoms with Gasteiger partial charge in [-0.05, 0) is 6.07 Å². The highest BCUT2D eigenvalue weighted by molar-refractivity contribution is 5.20. The molecule has 1 aromatic carbocycles. The topological polar surface area (TPSA) is 35.2 Å². The van der Waals surface area contributed by atoms with Crippen LogP contribution in [-0.4, -0.2) is 19.3 Å². The zero-order valence-corrected chi connectivity index (χ0v) is 8.30. The van der Waals surface area contributed by atoms with Crippen LogP contribution in [0.2, 0.25) is 0 Å². The molecular formula is C10H11F4NO. The lowest BCUT2D eigenvalue weighted by Gasteiger charge is -2.18. The van der Waals surface area contributed by atoms with Crippen LogP contribution in [0, 0.1) is 5.82 Å². The average molecular weight is 237 g/mol. The van der Waals surface area contributed by atoms with E-state index < -0.39 is 24.7 Å². The molecule has 1 rings (SSSR count). The largest absolute Gasteiger partial charge is 0.411 e. The molecule has 1 atom stereocenters. The fourth-order valence-electron chi connectivity index (χ4n) is 1.22. The van der Waals surface area contributed by atoms with Crippen molar-refractivity contribution < 1.29 is 22.3 Å². The summed E-state index contributed by atoms with van der Waals surface area (Å²) in [6, 6.07) is 5.45.